The Morgan fingerprint density at radius 2 is 1.82 bits per heavy atom. The maximum Gasteiger partial charge on any atom is 0.148 e. The van der Waals surface area contributed by atoms with Gasteiger partial charge in [0.1, 0.15) is 33.5 Å². The molecule has 40 heavy (non-hydrogen) atoms. The highest BCUT2D eigenvalue weighted by Gasteiger charge is 2.11. The van der Waals surface area contributed by atoms with Gasteiger partial charge in [-0.3, -0.25) is 4.68 Å². The zero-order chi connectivity index (χ0) is 27.5. The third-order valence-electron chi connectivity index (χ3n) is 6.61. The summed E-state index contributed by atoms with van der Waals surface area (Å²) in [5.74, 6) is 2.25. The molecule has 3 aromatic carbocycles. The van der Waals surface area contributed by atoms with E-state index in [1.165, 1.54) is 11.8 Å². The van der Waals surface area contributed by atoms with Crippen molar-refractivity contribution in [2.45, 2.75) is 13.1 Å². The monoisotopic (exact) mass is 552 g/mol. The largest absolute Gasteiger partial charge is 0.460 e. The fraction of sp³-hybridized carbons (Fsp3) is 0.167. The normalized spacial score (nSPS) is 11.8. The zero-order valence-electron chi connectivity index (χ0n) is 21.9. The Hall–Kier alpha value is -4.54. The molecule has 0 saturated heterocycles. The number of sulfone groups is 1. The van der Waals surface area contributed by atoms with Crippen LogP contribution in [0.4, 0.5) is 11.5 Å². The van der Waals surface area contributed by atoms with E-state index in [4.69, 9.17) is 4.42 Å². The highest BCUT2D eigenvalue weighted by atomic mass is 32.2. The lowest BCUT2D eigenvalue weighted by Gasteiger charge is -2.10. The van der Waals surface area contributed by atoms with Gasteiger partial charge >= 0.3 is 0 Å². The lowest BCUT2D eigenvalue weighted by Crippen LogP contribution is -2.21. The van der Waals surface area contributed by atoms with E-state index in [1.807, 2.05) is 65.5 Å². The molecule has 0 atom stereocenters. The summed E-state index contributed by atoms with van der Waals surface area (Å²) in [5.41, 5.74) is 4.86. The number of rotatable bonds is 10. The zero-order valence-corrected chi connectivity index (χ0v) is 22.7. The minimum Gasteiger partial charge on any atom is -0.460 e. The van der Waals surface area contributed by atoms with Gasteiger partial charge in [-0.1, -0.05) is 36.4 Å². The molecule has 3 heterocycles. The van der Waals surface area contributed by atoms with Gasteiger partial charge in [0.15, 0.2) is 0 Å². The van der Waals surface area contributed by atoms with Crippen molar-refractivity contribution in [3.8, 4) is 11.3 Å². The van der Waals surface area contributed by atoms with Gasteiger partial charge in [0.2, 0.25) is 0 Å². The smallest absolute Gasteiger partial charge is 0.148 e. The molecule has 0 fully saturated rings. The standard InChI is InChI=1S/C30H28N6O3S/c1-40(37,38)14-13-31-18-25-9-12-29(39-25)22-7-10-26-27(16-22)32-20-33-30(26)35-24-8-11-28-23(15-24)17-34-36(28)19-21-5-3-2-4-6-21/h2-12,15-17,20,31H,13-14,18-19H2,1H3,(H,32,33,35). The molecule has 0 unspecified atom stereocenters. The molecule has 0 aliphatic heterocycles. The van der Waals surface area contributed by atoms with Crippen LogP contribution in [-0.2, 0) is 22.9 Å². The maximum atomic E-state index is 11.3. The van der Waals surface area contributed by atoms with Crippen LogP contribution in [0.5, 0.6) is 0 Å². The van der Waals surface area contributed by atoms with Crippen LogP contribution in [0.15, 0.2) is 95.8 Å². The van der Waals surface area contributed by atoms with Crippen molar-refractivity contribution in [3.63, 3.8) is 0 Å². The van der Waals surface area contributed by atoms with E-state index >= 15 is 0 Å². The Balaban J connectivity index is 1.17. The molecule has 0 bridgehead atoms. The maximum absolute atomic E-state index is 11.3. The second kappa shape index (κ2) is 10.9. The molecule has 6 rings (SSSR count). The quantitative estimate of drug-likeness (QED) is 0.224. The van der Waals surface area contributed by atoms with Crippen molar-refractivity contribution in [1.29, 1.82) is 0 Å². The van der Waals surface area contributed by atoms with E-state index in [1.54, 1.807) is 6.33 Å². The number of hydrogen-bond acceptors (Lipinski definition) is 8. The average Bonchev–Trinajstić information content (AvgIpc) is 3.58. The molecule has 0 amide bonds. The van der Waals surface area contributed by atoms with Crippen molar-refractivity contribution in [2.24, 2.45) is 0 Å². The number of nitrogens with zero attached hydrogens (tertiary/aromatic N) is 4. The number of benzene rings is 3. The van der Waals surface area contributed by atoms with Crippen LogP contribution in [0.25, 0.3) is 33.1 Å². The minimum atomic E-state index is -2.99. The molecule has 202 valence electrons. The third-order valence-corrected chi connectivity index (χ3v) is 7.56. The van der Waals surface area contributed by atoms with Crippen LogP contribution in [0, 0.1) is 0 Å². The van der Waals surface area contributed by atoms with Gasteiger partial charge in [0, 0.05) is 34.8 Å². The van der Waals surface area contributed by atoms with E-state index in [0.717, 1.165) is 38.8 Å². The molecule has 3 aromatic heterocycles. The number of aromatic nitrogens is 4. The Kier molecular flexibility index (Phi) is 7.02. The van der Waals surface area contributed by atoms with Crippen LogP contribution in [-0.4, -0.2) is 46.7 Å². The molecule has 0 radical (unpaired) electrons. The molecular weight excluding hydrogens is 524 g/mol. The molecule has 2 N–H and O–H groups in total. The lowest BCUT2D eigenvalue weighted by atomic mass is 10.1. The fourth-order valence-electron chi connectivity index (χ4n) is 4.59. The van der Waals surface area contributed by atoms with E-state index < -0.39 is 9.84 Å². The number of anilines is 2. The van der Waals surface area contributed by atoms with E-state index in [2.05, 4.69) is 50.0 Å². The van der Waals surface area contributed by atoms with Gasteiger partial charge in [-0.15, -0.1) is 0 Å². The first-order valence-electron chi connectivity index (χ1n) is 12.9. The predicted octanol–water partition coefficient (Wildman–Crippen LogP) is 5.17. The molecule has 0 saturated carbocycles. The van der Waals surface area contributed by atoms with Crippen LogP contribution >= 0.6 is 0 Å². The van der Waals surface area contributed by atoms with E-state index in [9.17, 15) is 8.42 Å². The Labute approximate surface area is 231 Å². The van der Waals surface area contributed by atoms with Gasteiger partial charge in [0.05, 0.1) is 36.1 Å². The van der Waals surface area contributed by atoms with E-state index in [0.29, 0.717) is 31.2 Å². The number of nitrogens with one attached hydrogen (secondary N) is 2. The average molecular weight is 553 g/mol. The number of hydrogen-bond donors (Lipinski definition) is 2. The minimum absolute atomic E-state index is 0.0903. The summed E-state index contributed by atoms with van der Waals surface area (Å²) in [6.45, 7) is 1.54. The second-order valence-electron chi connectivity index (χ2n) is 9.71. The summed E-state index contributed by atoms with van der Waals surface area (Å²) in [6, 6.07) is 26.2. The van der Waals surface area contributed by atoms with Crippen LogP contribution in [0.1, 0.15) is 11.3 Å². The summed E-state index contributed by atoms with van der Waals surface area (Å²) in [5, 5.41) is 13.1. The summed E-state index contributed by atoms with van der Waals surface area (Å²) < 4.78 is 30.6. The van der Waals surface area contributed by atoms with Crippen molar-refractivity contribution >= 4 is 43.1 Å². The van der Waals surface area contributed by atoms with Crippen LogP contribution in [0.3, 0.4) is 0 Å². The molecular formula is C30H28N6O3S. The molecule has 0 aliphatic rings. The van der Waals surface area contributed by atoms with Crippen molar-refractivity contribution < 1.29 is 12.8 Å². The van der Waals surface area contributed by atoms with Gasteiger partial charge in [-0.05, 0) is 48.0 Å². The topological polar surface area (TPSA) is 115 Å². The van der Waals surface area contributed by atoms with Gasteiger partial charge in [0.25, 0.3) is 0 Å². The Morgan fingerprint density at radius 3 is 2.67 bits per heavy atom. The SMILES string of the molecule is CS(=O)(=O)CCNCc1ccc(-c2ccc3c(Nc4ccc5c(cnn5Cc5ccccc5)c4)ncnc3c2)o1. The van der Waals surface area contributed by atoms with Gasteiger partial charge in [-0.25, -0.2) is 18.4 Å². The van der Waals surface area contributed by atoms with Gasteiger partial charge in [-0.2, -0.15) is 5.10 Å². The third kappa shape index (κ3) is 5.88. The fourth-order valence-corrected chi connectivity index (χ4v) is 5.11. The Morgan fingerprint density at radius 1 is 0.950 bits per heavy atom. The van der Waals surface area contributed by atoms with Crippen molar-refractivity contribution in [2.75, 3.05) is 23.9 Å². The van der Waals surface area contributed by atoms with E-state index in [-0.39, 0.29) is 5.75 Å². The molecule has 0 aliphatic carbocycles. The molecule has 6 aromatic rings. The summed E-state index contributed by atoms with van der Waals surface area (Å²) >= 11 is 0. The highest BCUT2D eigenvalue weighted by molar-refractivity contribution is 7.90. The van der Waals surface area contributed by atoms with Crippen molar-refractivity contribution in [1.82, 2.24) is 25.1 Å². The number of furan rings is 1. The second-order valence-corrected chi connectivity index (χ2v) is 12.0. The highest BCUT2D eigenvalue weighted by Crippen LogP contribution is 2.30. The first-order valence-corrected chi connectivity index (χ1v) is 15.0. The number of fused-ring (bicyclic) bond motifs is 2. The first kappa shape index (κ1) is 25.7. The molecule has 0 spiro atoms. The summed E-state index contributed by atoms with van der Waals surface area (Å²) in [4.78, 5) is 8.97. The van der Waals surface area contributed by atoms with Gasteiger partial charge < -0.3 is 15.1 Å². The summed E-state index contributed by atoms with van der Waals surface area (Å²) in [7, 11) is -2.99. The lowest BCUT2D eigenvalue weighted by molar-refractivity contribution is 0.498. The first-order chi connectivity index (χ1) is 19.4. The van der Waals surface area contributed by atoms with Crippen molar-refractivity contribution in [3.05, 3.63) is 103 Å². The molecule has 10 heteroatoms. The van der Waals surface area contributed by atoms with Crippen LogP contribution < -0.4 is 10.6 Å². The Bertz CT molecular complexity index is 1900. The van der Waals surface area contributed by atoms with Crippen LogP contribution in [0.2, 0.25) is 0 Å². The predicted molar refractivity (Wildman–Crippen MR) is 157 cm³/mol. The summed E-state index contributed by atoms with van der Waals surface area (Å²) in [6.07, 6.45) is 4.65. The molecule has 9 nitrogen and oxygen atoms in total.